The first-order valence-electron chi connectivity index (χ1n) is 10.5. The van der Waals surface area contributed by atoms with Crippen LogP contribution in [0, 0.1) is 6.92 Å². The molecule has 0 bridgehead atoms. The molecule has 2 saturated heterocycles. The Hall–Kier alpha value is -2.54. The molecule has 1 atom stereocenters. The molecule has 2 aromatic rings. The van der Waals surface area contributed by atoms with Crippen molar-refractivity contribution in [1.29, 1.82) is 0 Å². The third-order valence-electron chi connectivity index (χ3n) is 6.08. The van der Waals surface area contributed by atoms with E-state index in [1.54, 1.807) is 11.8 Å². The van der Waals surface area contributed by atoms with Crippen LogP contribution < -0.4 is 9.64 Å². The van der Waals surface area contributed by atoms with Crippen LogP contribution in [0.1, 0.15) is 18.5 Å². The fourth-order valence-corrected chi connectivity index (χ4v) is 4.49. The van der Waals surface area contributed by atoms with Gasteiger partial charge in [-0.25, -0.2) is 0 Å². The van der Waals surface area contributed by atoms with Crippen LogP contribution in [0.2, 0.25) is 0 Å². The summed E-state index contributed by atoms with van der Waals surface area (Å²) in [6.07, 6.45) is 4.12. The van der Waals surface area contributed by atoms with E-state index in [9.17, 15) is 4.79 Å². The summed E-state index contributed by atoms with van der Waals surface area (Å²) in [5, 5.41) is 4.35. The molecule has 1 amide bonds. The van der Waals surface area contributed by atoms with Gasteiger partial charge in [-0.05, 0) is 38.0 Å². The molecule has 1 aromatic carbocycles. The van der Waals surface area contributed by atoms with Gasteiger partial charge in [0.05, 0.1) is 18.5 Å². The molecule has 29 heavy (non-hydrogen) atoms. The summed E-state index contributed by atoms with van der Waals surface area (Å²) in [6, 6.07) is 10.6. The van der Waals surface area contributed by atoms with Gasteiger partial charge in [0.25, 0.3) is 0 Å². The first kappa shape index (κ1) is 19.8. The predicted molar refractivity (Wildman–Crippen MR) is 113 cm³/mol. The van der Waals surface area contributed by atoms with E-state index in [0.29, 0.717) is 12.6 Å². The van der Waals surface area contributed by atoms with Crippen LogP contribution in [-0.2, 0) is 11.3 Å². The molecule has 1 aromatic heterocycles. The minimum absolute atomic E-state index is 0.172. The van der Waals surface area contributed by atoms with Gasteiger partial charge in [0.1, 0.15) is 12.3 Å². The Kier molecular flexibility index (Phi) is 6.04. The first-order valence-corrected chi connectivity index (χ1v) is 10.5. The number of hydrogen-bond acceptors (Lipinski definition) is 5. The van der Waals surface area contributed by atoms with Crippen LogP contribution in [0.5, 0.6) is 5.75 Å². The van der Waals surface area contributed by atoms with E-state index in [0.717, 1.165) is 57.1 Å². The minimum atomic E-state index is 0.172. The Balaban J connectivity index is 1.32. The van der Waals surface area contributed by atoms with Crippen LogP contribution in [0.3, 0.4) is 0 Å². The van der Waals surface area contributed by atoms with Gasteiger partial charge >= 0.3 is 0 Å². The normalized spacial score (nSPS) is 20.7. The van der Waals surface area contributed by atoms with Gasteiger partial charge in [-0.3, -0.25) is 14.4 Å². The zero-order valence-electron chi connectivity index (χ0n) is 17.5. The van der Waals surface area contributed by atoms with Crippen molar-refractivity contribution >= 4 is 11.6 Å². The second kappa shape index (κ2) is 8.86. The molecule has 7 heteroatoms. The summed E-state index contributed by atoms with van der Waals surface area (Å²) < 4.78 is 7.27. The molecule has 0 N–H and O–H groups in total. The van der Waals surface area contributed by atoms with Crippen molar-refractivity contribution in [2.45, 2.75) is 32.4 Å². The molecule has 0 radical (unpaired) electrons. The van der Waals surface area contributed by atoms with E-state index in [4.69, 9.17) is 4.74 Å². The van der Waals surface area contributed by atoms with Gasteiger partial charge < -0.3 is 14.5 Å². The van der Waals surface area contributed by atoms with E-state index in [2.05, 4.69) is 27.0 Å². The lowest BCUT2D eigenvalue weighted by Gasteiger charge is -2.44. The van der Waals surface area contributed by atoms with Gasteiger partial charge in [0, 0.05) is 51.5 Å². The largest absolute Gasteiger partial charge is 0.495 e. The Labute approximate surface area is 172 Å². The number of piperazine rings is 1. The highest BCUT2D eigenvalue weighted by atomic mass is 16.5. The number of nitrogens with zero attached hydrogens (tertiary/aromatic N) is 5. The smallest absolute Gasteiger partial charge is 0.244 e. The van der Waals surface area contributed by atoms with Crippen molar-refractivity contribution in [3.8, 4) is 5.75 Å². The van der Waals surface area contributed by atoms with Crippen LogP contribution in [0.25, 0.3) is 0 Å². The molecular weight excluding hydrogens is 366 g/mol. The number of rotatable bonds is 5. The van der Waals surface area contributed by atoms with Crippen molar-refractivity contribution in [2.24, 2.45) is 0 Å². The maximum atomic E-state index is 12.7. The van der Waals surface area contributed by atoms with Gasteiger partial charge in [-0.2, -0.15) is 5.10 Å². The number of amides is 1. The molecular formula is C22H31N5O2. The van der Waals surface area contributed by atoms with Gasteiger partial charge in [-0.15, -0.1) is 0 Å². The lowest BCUT2D eigenvalue weighted by molar-refractivity contribution is -0.134. The molecule has 4 rings (SSSR count). The van der Waals surface area contributed by atoms with Gasteiger partial charge in [0.2, 0.25) is 5.91 Å². The number of carbonyl (C=O) groups is 1. The fourth-order valence-electron chi connectivity index (χ4n) is 4.49. The van der Waals surface area contributed by atoms with E-state index < -0.39 is 0 Å². The van der Waals surface area contributed by atoms with E-state index >= 15 is 0 Å². The Morgan fingerprint density at radius 2 is 1.93 bits per heavy atom. The number of likely N-dealkylation sites (tertiary alicyclic amines) is 1. The number of benzene rings is 1. The average molecular weight is 398 g/mol. The second-order valence-electron chi connectivity index (χ2n) is 7.99. The minimum Gasteiger partial charge on any atom is -0.495 e. The average Bonchev–Trinajstić information content (AvgIpc) is 3.18. The number of aromatic nitrogens is 2. The first-order chi connectivity index (χ1) is 14.1. The fraction of sp³-hybridized carbons (Fsp3) is 0.545. The summed E-state index contributed by atoms with van der Waals surface area (Å²) in [4.78, 5) is 19.7. The second-order valence-corrected chi connectivity index (χ2v) is 7.99. The Bertz CT molecular complexity index is 828. The lowest BCUT2D eigenvalue weighted by Crippen LogP contribution is -2.56. The highest BCUT2D eigenvalue weighted by Gasteiger charge is 2.30. The lowest BCUT2D eigenvalue weighted by atomic mass is 10.0. The monoisotopic (exact) mass is 397 g/mol. The zero-order chi connectivity index (χ0) is 20.2. The highest BCUT2D eigenvalue weighted by Crippen LogP contribution is 2.29. The molecule has 2 aliphatic rings. The summed E-state index contributed by atoms with van der Waals surface area (Å²) in [5.74, 6) is 1.11. The number of para-hydroxylation sites is 2. The molecule has 0 saturated carbocycles. The summed E-state index contributed by atoms with van der Waals surface area (Å²) >= 11 is 0. The number of carbonyl (C=O) groups excluding carboxylic acids is 1. The molecule has 7 nitrogen and oxygen atoms in total. The molecule has 0 aliphatic carbocycles. The molecule has 2 aliphatic heterocycles. The van der Waals surface area contributed by atoms with Crippen molar-refractivity contribution < 1.29 is 9.53 Å². The predicted octanol–water partition coefficient (Wildman–Crippen LogP) is 2.01. The number of aryl methyl sites for hydroxylation is 1. The number of hydrogen-bond donors (Lipinski definition) is 0. The Morgan fingerprint density at radius 1 is 1.14 bits per heavy atom. The molecule has 156 valence electrons. The summed E-state index contributed by atoms with van der Waals surface area (Å²) in [7, 11) is 1.73. The van der Waals surface area contributed by atoms with Gasteiger partial charge in [0.15, 0.2) is 0 Å². The third kappa shape index (κ3) is 4.56. The van der Waals surface area contributed by atoms with Crippen LogP contribution in [-0.4, -0.2) is 77.9 Å². The number of methoxy groups -OCH3 is 1. The molecule has 1 unspecified atom stereocenters. The molecule has 2 fully saturated rings. The van der Waals surface area contributed by atoms with Crippen molar-refractivity contribution in [2.75, 3.05) is 51.3 Å². The SMILES string of the molecule is COc1ccccc1N1CCN(C2CCCN(C(=O)Cn3ccc(C)n3)C2)CC1. The summed E-state index contributed by atoms with van der Waals surface area (Å²) in [6.45, 7) is 7.97. The maximum Gasteiger partial charge on any atom is 0.244 e. The standard InChI is InChI=1S/C22H31N5O2/c1-18-9-11-27(23-18)17-22(28)26-10-5-6-19(16-26)24-12-14-25(15-13-24)20-7-3-4-8-21(20)29-2/h3-4,7-9,11,19H,5-6,10,12-17H2,1-2H3. The van der Waals surface area contributed by atoms with Crippen LogP contribution >= 0.6 is 0 Å². The van der Waals surface area contributed by atoms with Crippen molar-refractivity contribution in [3.63, 3.8) is 0 Å². The topological polar surface area (TPSA) is 53.8 Å². The molecule has 0 spiro atoms. The maximum absolute atomic E-state index is 12.7. The quantitative estimate of drug-likeness (QED) is 0.773. The van der Waals surface area contributed by atoms with Crippen LogP contribution in [0.4, 0.5) is 5.69 Å². The van der Waals surface area contributed by atoms with Crippen LogP contribution in [0.15, 0.2) is 36.5 Å². The van der Waals surface area contributed by atoms with E-state index in [-0.39, 0.29) is 5.91 Å². The molecule has 3 heterocycles. The highest BCUT2D eigenvalue weighted by molar-refractivity contribution is 5.76. The number of ether oxygens (including phenoxy) is 1. The van der Waals surface area contributed by atoms with E-state index in [1.165, 1.54) is 12.1 Å². The van der Waals surface area contributed by atoms with Crippen molar-refractivity contribution in [1.82, 2.24) is 19.6 Å². The van der Waals surface area contributed by atoms with Crippen molar-refractivity contribution in [3.05, 3.63) is 42.2 Å². The van der Waals surface area contributed by atoms with E-state index in [1.807, 2.05) is 36.2 Å². The number of piperidine rings is 1. The number of anilines is 1. The third-order valence-corrected chi connectivity index (χ3v) is 6.08. The Morgan fingerprint density at radius 3 is 2.66 bits per heavy atom. The van der Waals surface area contributed by atoms with Gasteiger partial charge in [-0.1, -0.05) is 12.1 Å². The summed E-state index contributed by atoms with van der Waals surface area (Å²) in [5.41, 5.74) is 2.12. The zero-order valence-corrected chi connectivity index (χ0v) is 17.5.